The van der Waals surface area contributed by atoms with Crippen molar-refractivity contribution in [3.63, 3.8) is 0 Å². The van der Waals surface area contributed by atoms with E-state index in [4.69, 9.17) is 5.26 Å². The van der Waals surface area contributed by atoms with Crippen LogP contribution in [0.4, 0.5) is 11.4 Å². The van der Waals surface area contributed by atoms with Gasteiger partial charge in [0.1, 0.15) is 0 Å². The number of rotatable bonds is 2. The second kappa shape index (κ2) is 5.19. The van der Waals surface area contributed by atoms with Gasteiger partial charge >= 0.3 is 0 Å². The van der Waals surface area contributed by atoms with Gasteiger partial charge in [0.2, 0.25) is 0 Å². The molecule has 84 valence electrons. The summed E-state index contributed by atoms with van der Waals surface area (Å²) in [7, 11) is 0. The van der Waals surface area contributed by atoms with Crippen molar-refractivity contribution in [2.45, 2.75) is 6.92 Å². The molecule has 0 radical (unpaired) electrons. The maximum absolute atomic E-state index is 8.85. The molecule has 0 amide bonds. The first-order chi connectivity index (χ1) is 8.19. The van der Waals surface area contributed by atoms with Crippen molar-refractivity contribution < 1.29 is 0 Å². The van der Waals surface area contributed by atoms with E-state index in [2.05, 4.69) is 59.1 Å². The molecule has 0 aliphatic rings. The van der Waals surface area contributed by atoms with Gasteiger partial charge in [0, 0.05) is 14.9 Å². The fourth-order valence-electron chi connectivity index (χ4n) is 1.55. The summed E-state index contributed by atoms with van der Waals surface area (Å²) in [6, 6.07) is 15.9. The van der Waals surface area contributed by atoms with Crippen LogP contribution in [0.2, 0.25) is 0 Å². The Morgan fingerprint density at radius 3 is 2.76 bits per heavy atom. The van der Waals surface area contributed by atoms with Gasteiger partial charge in [-0.15, -0.1) is 0 Å². The van der Waals surface area contributed by atoms with Crippen molar-refractivity contribution in [3.8, 4) is 6.07 Å². The van der Waals surface area contributed by atoms with E-state index < -0.39 is 0 Å². The Morgan fingerprint density at radius 2 is 2.00 bits per heavy atom. The summed E-state index contributed by atoms with van der Waals surface area (Å²) in [6.45, 7) is 2.06. The number of benzene rings is 2. The van der Waals surface area contributed by atoms with E-state index >= 15 is 0 Å². The molecule has 0 unspecified atom stereocenters. The Labute approximate surface area is 114 Å². The highest BCUT2D eigenvalue weighted by atomic mass is 127. The van der Waals surface area contributed by atoms with Crippen molar-refractivity contribution in [2.24, 2.45) is 0 Å². The summed E-state index contributed by atoms with van der Waals surface area (Å²) in [6.07, 6.45) is 0. The molecular weight excluding hydrogens is 323 g/mol. The third-order valence-electron chi connectivity index (χ3n) is 2.47. The molecule has 2 aromatic carbocycles. The monoisotopic (exact) mass is 334 g/mol. The van der Waals surface area contributed by atoms with Crippen LogP contribution >= 0.6 is 22.6 Å². The topological polar surface area (TPSA) is 35.8 Å². The first kappa shape index (κ1) is 11.9. The number of hydrogen-bond acceptors (Lipinski definition) is 2. The largest absolute Gasteiger partial charge is 0.355 e. The van der Waals surface area contributed by atoms with Gasteiger partial charge in [-0.25, -0.2) is 0 Å². The van der Waals surface area contributed by atoms with Gasteiger partial charge in [0.15, 0.2) is 0 Å². The van der Waals surface area contributed by atoms with E-state index in [0.717, 1.165) is 11.4 Å². The Bertz CT molecular complexity index is 585. The van der Waals surface area contributed by atoms with Gasteiger partial charge in [-0.05, 0) is 65.4 Å². The highest BCUT2D eigenvalue weighted by Gasteiger charge is 2.00. The van der Waals surface area contributed by atoms with Gasteiger partial charge in [0.25, 0.3) is 0 Å². The van der Waals surface area contributed by atoms with Crippen LogP contribution in [0.15, 0.2) is 42.5 Å². The predicted molar refractivity (Wildman–Crippen MR) is 78.3 cm³/mol. The van der Waals surface area contributed by atoms with Crippen LogP contribution in [0.5, 0.6) is 0 Å². The van der Waals surface area contributed by atoms with Crippen LogP contribution in [0.25, 0.3) is 0 Å². The molecule has 0 bridgehead atoms. The Kier molecular flexibility index (Phi) is 3.64. The molecule has 0 saturated heterocycles. The molecule has 1 N–H and O–H groups in total. The molecule has 2 nitrogen and oxygen atoms in total. The first-order valence-corrected chi connectivity index (χ1v) is 6.30. The lowest BCUT2D eigenvalue weighted by Crippen LogP contribution is -1.94. The maximum atomic E-state index is 8.85. The highest BCUT2D eigenvalue weighted by molar-refractivity contribution is 14.1. The van der Waals surface area contributed by atoms with Crippen LogP contribution in [-0.4, -0.2) is 0 Å². The molecule has 0 aromatic heterocycles. The van der Waals surface area contributed by atoms with E-state index in [0.29, 0.717) is 5.56 Å². The summed E-state index contributed by atoms with van der Waals surface area (Å²) >= 11 is 2.29. The molecular formula is C14H11IN2. The lowest BCUT2D eigenvalue weighted by atomic mass is 10.1. The van der Waals surface area contributed by atoms with E-state index in [1.807, 2.05) is 18.2 Å². The molecule has 0 aliphatic carbocycles. The van der Waals surface area contributed by atoms with E-state index in [-0.39, 0.29) is 0 Å². The van der Waals surface area contributed by atoms with Gasteiger partial charge in [0.05, 0.1) is 11.6 Å². The lowest BCUT2D eigenvalue weighted by Gasteiger charge is -2.10. The second-order valence-electron chi connectivity index (χ2n) is 3.78. The fourth-order valence-corrected chi connectivity index (χ4v) is 2.04. The number of anilines is 2. The number of nitrogens with one attached hydrogen (secondary N) is 1. The summed E-state index contributed by atoms with van der Waals surface area (Å²) in [4.78, 5) is 0. The number of nitriles is 1. The van der Waals surface area contributed by atoms with Gasteiger partial charge < -0.3 is 5.32 Å². The van der Waals surface area contributed by atoms with Gasteiger partial charge in [-0.3, -0.25) is 0 Å². The van der Waals surface area contributed by atoms with Crippen LogP contribution < -0.4 is 5.32 Å². The third kappa shape index (κ3) is 2.98. The lowest BCUT2D eigenvalue weighted by molar-refractivity contribution is 1.41. The second-order valence-corrected chi connectivity index (χ2v) is 5.02. The van der Waals surface area contributed by atoms with Crippen LogP contribution in [0.1, 0.15) is 11.1 Å². The molecule has 0 saturated carbocycles. The van der Waals surface area contributed by atoms with E-state index in [9.17, 15) is 0 Å². The number of hydrogen-bond donors (Lipinski definition) is 1. The minimum absolute atomic E-state index is 0.665. The highest BCUT2D eigenvalue weighted by Crippen LogP contribution is 2.23. The molecule has 2 aromatic rings. The molecule has 3 heteroatoms. The van der Waals surface area contributed by atoms with Crippen molar-refractivity contribution in [1.29, 1.82) is 5.26 Å². The zero-order valence-electron chi connectivity index (χ0n) is 9.37. The smallest absolute Gasteiger partial charge is 0.0992 e. The van der Waals surface area contributed by atoms with Crippen molar-refractivity contribution in [3.05, 3.63) is 57.2 Å². The van der Waals surface area contributed by atoms with E-state index in [1.54, 1.807) is 6.07 Å². The Balaban J connectivity index is 2.31. The number of nitrogens with zero attached hydrogens (tertiary/aromatic N) is 1. The van der Waals surface area contributed by atoms with Crippen molar-refractivity contribution in [1.82, 2.24) is 0 Å². The standard InChI is InChI=1S/C14H11IN2/c1-10-5-6-12(15)8-14(10)17-13-4-2-3-11(7-13)9-16/h2-8,17H,1H3. The zero-order valence-corrected chi connectivity index (χ0v) is 11.5. The van der Waals surface area contributed by atoms with Gasteiger partial charge in [-0.2, -0.15) is 5.26 Å². The summed E-state index contributed by atoms with van der Waals surface area (Å²) in [5, 5.41) is 12.2. The fraction of sp³-hybridized carbons (Fsp3) is 0.0714. The minimum Gasteiger partial charge on any atom is -0.355 e. The third-order valence-corrected chi connectivity index (χ3v) is 3.14. The normalized spacial score (nSPS) is 9.71. The average molecular weight is 334 g/mol. The number of halogens is 1. The van der Waals surface area contributed by atoms with Crippen LogP contribution in [0, 0.1) is 21.8 Å². The summed E-state index contributed by atoms with van der Waals surface area (Å²) in [5.41, 5.74) is 3.87. The van der Waals surface area contributed by atoms with Crippen LogP contribution in [0.3, 0.4) is 0 Å². The average Bonchev–Trinajstić information content (AvgIpc) is 2.34. The molecule has 0 spiro atoms. The predicted octanol–water partition coefficient (Wildman–Crippen LogP) is 4.21. The minimum atomic E-state index is 0.665. The summed E-state index contributed by atoms with van der Waals surface area (Å²) in [5.74, 6) is 0. The Hall–Kier alpha value is -1.54. The quantitative estimate of drug-likeness (QED) is 0.835. The molecule has 17 heavy (non-hydrogen) atoms. The number of aryl methyl sites for hydroxylation is 1. The van der Waals surface area contributed by atoms with E-state index in [1.165, 1.54) is 9.13 Å². The van der Waals surface area contributed by atoms with Gasteiger partial charge in [-0.1, -0.05) is 12.1 Å². The molecule has 0 fully saturated rings. The zero-order chi connectivity index (χ0) is 12.3. The van der Waals surface area contributed by atoms with Crippen molar-refractivity contribution in [2.75, 3.05) is 5.32 Å². The first-order valence-electron chi connectivity index (χ1n) is 5.22. The van der Waals surface area contributed by atoms with Crippen LogP contribution in [-0.2, 0) is 0 Å². The molecule has 2 rings (SSSR count). The molecule has 0 heterocycles. The Morgan fingerprint density at radius 1 is 1.18 bits per heavy atom. The SMILES string of the molecule is Cc1ccc(I)cc1Nc1cccc(C#N)c1. The summed E-state index contributed by atoms with van der Waals surface area (Å²) < 4.78 is 1.19. The molecule has 0 aliphatic heterocycles. The van der Waals surface area contributed by atoms with Crippen molar-refractivity contribution >= 4 is 34.0 Å². The maximum Gasteiger partial charge on any atom is 0.0992 e. The molecule has 0 atom stereocenters.